The molecule has 0 saturated heterocycles. The summed E-state index contributed by atoms with van der Waals surface area (Å²) in [6.07, 6.45) is 0. The molecule has 1 amide bonds. The number of carbonyl (C=O) groups is 2. The van der Waals surface area contributed by atoms with Crippen LogP contribution in [0, 0.1) is 11.2 Å². The summed E-state index contributed by atoms with van der Waals surface area (Å²) in [4.78, 5) is 22.5. The summed E-state index contributed by atoms with van der Waals surface area (Å²) < 4.78 is 26.5. The van der Waals surface area contributed by atoms with Crippen LogP contribution in [0.3, 0.4) is 0 Å². The van der Waals surface area contributed by atoms with Crippen LogP contribution >= 0.6 is 11.6 Å². The summed E-state index contributed by atoms with van der Waals surface area (Å²) in [7, 11) is 0. The third kappa shape index (κ3) is 3.45. The van der Waals surface area contributed by atoms with Crippen molar-refractivity contribution in [3.05, 3.63) is 34.1 Å². The zero-order valence-electron chi connectivity index (χ0n) is 11.0. The van der Waals surface area contributed by atoms with E-state index in [2.05, 4.69) is 5.32 Å². The Morgan fingerprint density at radius 1 is 1.40 bits per heavy atom. The molecule has 4 nitrogen and oxygen atoms in total. The molecule has 110 valence electrons. The van der Waals surface area contributed by atoms with Crippen LogP contribution in [0.4, 0.5) is 8.78 Å². The van der Waals surface area contributed by atoms with E-state index >= 15 is 0 Å². The number of hydrogen-bond donors (Lipinski definition) is 2. The Morgan fingerprint density at radius 2 is 2.00 bits per heavy atom. The molecule has 0 atom stereocenters. The van der Waals surface area contributed by atoms with Gasteiger partial charge in [0.2, 0.25) is 5.91 Å². The van der Waals surface area contributed by atoms with Gasteiger partial charge in [0.1, 0.15) is 18.1 Å². The van der Waals surface area contributed by atoms with E-state index in [1.165, 1.54) is 26.0 Å². The molecule has 1 aromatic rings. The first-order valence-electron chi connectivity index (χ1n) is 5.75. The van der Waals surface area contributed by atoms with E-state index in [0.29, 0.717) is 0 Å². The Kier molecular flexibility index (Phi) is 5.05. The summed E-state index contributed by atoms with van der Waals surface area (Å²) in [6.45, 7) is 1.71. The van der Waals surface area contributed by atoms with Crippen molar-refractivity contribution in [1.29, 1.82) is 0 Å². The summed E-state index contributed by atoms with van der Waals surface area (Å²) in [6, 6.07) is 2.50. The van der Waals surface area contributed by atoms with Gasteiger partial charge in [0.05, 0.1) is 10.4 Å². The lowest BCUT2D eigenvalue weighted by atomic mass is 9.94. The third-order valence-corrected chi connectivity index (χ3v) is 3.09. The molecule has 0 spiro atoms. The fourth-order valence-electron chi connectivity index (χ4n) is 1.40. The van der Waals surface area contributed by atoms with Crippen LogP contribution in [0.2, 0.25) is 5.02 Å². The average Bonchev–Trinajstić information content (AvgIpc) is 2.37. The molecule has 20 heavy (non-hydrogen) atoms. The zero-order valence-corrected chi connectivity index (χ0v) is 11.7. The van der Waals surface area contributed by atoms with Crippen LogP contribution < -0.4 is 5.32 Å². The Balaban J connectivity index is 2.93. The molecule has 0 unspecified atom stereocenters. The van der Waals surface area contributed by atoms with E-state index < -0.39 is 35.3 Å². The van der Waals surface area contributed by atoms with E-state index in [1.807, 2.05) is 0 Å². The predicted octanol–water partition coefficient (Wildman–Crippen LogP) is 2.79. The number of carboxylic acid groups (broad SMARTS) is 1. The fourth-order valence-corrected chi connectivity index (χ4v) is 1.63. The van der Waals surface area contributed by atoms with Gasteiger partial charge in [-0.05, 0) is 19.9 Å². The second-order valence-electron chi connectivity index (χ2n) is 4.90. The number of aromatic carboxylic acids is 1. The van der Waals surface area contributed by atoms with Crippen molar-refractivity contribution >= 4 is 23.5 Å². The highest BCUT2D eigenvalue weighted by Crippen LogP contribution is 2.23. The molecule has 0 aliphatic carbocycles. The van der Waals surface area contributed by atoms with Crippen molar-refractivity contribution in [1.82, 2.24) is 5.32 Å². The number of alkyl halides is 1. The number of rotatable bonds is 5. The lowest BCUT2D eigenvalue weighted by Gasteiger charge is -2.19. The van der Waals surface area contributed by atoms with Gasteiger partial charge in [-0.2, -0.15) is 0 Å². The average molecular weight is 306 g/mol. The van der Waals surface area contributed by atoms with Crippen molar-refractivity contribution < 1.29 is 23.5 Å². The number of carboxylic acids is 1. The highest BCUT2D eigenvalue weighted by atomic mass is 35.5. The Morgan fingerprint density at radius 3 is 2.50 bits per heavy atom. The number of halogens is 3. The molecule has 1 aromatic carbocycles. The zero-order chi connectivity index (χ0) is 15.5. The molecule has 7 heteroatoms. The van der Waals surface area contributed by atoms with E-state index in [9.17, 15) is 18.4 Å². The number of carbonyl (C=O) groups excluding carboxylic acids is 1. The van der Waals surface area contributed by atoms with Crippen molar-refractivity contribution in [2.75, 3.05) is 6.67 Å². The molecule has 0 radical (unpaired) electrons. The van der Waals surface area contributed by atoms with Crippen molar-refractivity contribution in [3.63, 3.8) is 0 Å². The Hall–Kier alpha value is -1.69. The predicted molar refractivity (Wildman–Crippen MR) is 70.0 cm³/mol. The molecule has 0 fully saturated rings. The van der Waals surface area contributed by atoms with Gasteiger partial charge in [-0.1, -0.05) is 17.7 Å². The number of nitrogens with one attached hydrogen (secondary N) is 1. The summed E-state index contributed by atoms with van der Waals surface area (Å²) >= 11 is 5.60. The number of benzene rings is 1. The smallest absolute Gasteiger partial charge is 0.340 e. The highest BCUT2D eigenvalue weighted by molar-refractivity contribution is 6.33. The molecule has 0 aliphatic heterocycles. The standard InChI is InChI=1S/C13H14ClF2NO3/c1-13(2,6-15)12(20)17-5-7-3-4-8(14)9(10(7)16)11(18)19/h3-4H,5-6H2,1-2H3,(H,17,20)(H,18,19). The normalized spacial score (nSPS) is 11.2. The van der Waals surface area contributed by atoms with Gasteiger partial charge < -0.3 is 10.4 Å². The van der Waals surface area contributed by atoms with Crippen LogP contribution in [0.25, 0.3) is 0 Å². The number of amides is 1. The van der Waals surface area contributed by atoms with Gasteiger partial charge >= 0.3 is 5.97 Å². The van der Waals surface area contributed by atoms with Crippen molar-refractivity contribution in [2.24, 2.45) is 5.41 Å². The largest absolute Gasteiger partial charge is 0.478 e. The minimum atomic E-state index is -1.50. The second kappa shape index (κ2) is 6.17. The third-order valence-electron chi connectivity index (χ3n) is 2.77. The summed E-state index contributed by atoms with van der Waals surface area (Å²) in [5, 5.41) is 11.0. The van der Waals surface area contributed by atoms with Crippen LogP contribution in [0.15, 0.2) is 12.1 Å². The second-order valence-corrected chi connectivity index (χ2v) is 5.31. The molecule has 2 N–H and O–H groups in total. The molecule has 1 rings (SSSR count). The monoisotopic (exact) mass is 305 g/mol. The van der Waals surface area contributed by atoms with Gasteiger partial charge in [-0.25, -0.2) is 13.6 Å². The Bertz CT molecular complexity index is 547. The van der Waals surface area contributed by atoms with Crippen LogP contribution in [-0.2, 0) is 11.3 Å². The Labute approximate surface area is 119 Å². The maximum atomic E-state index is 13.9. The van der Waals surface area contributed by atoms with E-state index in [-0.39, 0.29) is 17.1 Å². The van der Waals surface area contributed by atoms with Crippen LogP contribution in [0.1, 0.15) is 29.8 Å². The molecule has 0 aliphatic rings. The van der Waals surface area contributed by atoms with Crippen LogP contribution in [-0.4, -0.2) is 23.7 Å². The lowest BCUT2D eigenvalue weighted by molar-refractivity contribution is -0.130. The summed E-state index contributed by atoms with van der Waals surface area (Å²) in [5.41, 5.74) is -1.91. The van der Waals surface area contributed by atoms with E-state index in [4.69, 9.17) is 16.7 Å². The SMILES string of the molecule is CC(C)(CF)C(=O)NCc1ccc(Cl)c(C(=O)O)c1F. The maximum Gasteiger partial charge on any atom is 0.340 e. The van der Waals surface area contributed by atoms with Gasteiger partial charge in [-0.15, -0.1) is 0 Å². The highest BCUT2D eigenvalue weighted by Gasteiger charge is 2.27. The molecular weight excluding hydrogens is 292 g/mol. The topological polar surface area (TPSA) is 66.4 Å². The lowest BCUT2D eigenvalue weighted by Crippen LogP contribution is -2.38. The first kappa shape index (κ1) is 16.4. The quantitative estimate of drug-likeness (QED) is 0.879. The van der Waals surface area contributed by atoms with Crippen molar-refractivity contribution in [2.45, 2.75) is 20.4 Å². The van der Waals surface area contributed by atoms with Crippen LogP contribution in [0.5, 0.6) is 0 Å². The summed E-state index contributed by atoms with van der Waals surface area (Å²) in [5.74, 6) is -3.10. The van der Waals surface area contributed by atoms with Gasteiger partial charge in [0.15, 0.2) is 0 Å². The fraction of sp³-hybridized carbons (Fsp3) is 0.385. The molecule has 0 saturated carbocycles. The molecule has 0 heterocycles. The van der Waals surface area contributed by atoms with Gasteiger partial charge in [0, 0.05) is 12.1 Å². The van der Waals surface area contributed by atoms with Crippen molar-refractivity contribution in [3.8, 4) is 0 Å². The number of hydrogen-bond acceptors (Lipinski definition) is 2. The minimum absolute atomic E-state index is 0.0326. The van der Waals surface area contributed by atoms with E-state index in [0.717, 1.165) is 0 Å². The first-order valence-corrected chi connectivity index (χ1v) is 6.13. The molecule has 0 bridgehead atoms. The first-order chi connectivity index (χ1) is 9.20. The molecular formula is C13H14ClF2NO3. The van der Waals surface area contributed by atoms with E-state index in [1.54, 1.807) is 0 Å². The minimum Gasteiger partial charge on any atom is -0.478 e. The molecule has 0 aromatic heterocycles. The maximum absolute atomic E-state index is 13.9. The van der Waals surface area contributed by atoms with Gasteiger partial charge in [0.25, 0.3) is 0 Å². The van der Waals surface area contributed by atoms with Gasteiger partial charge in [-0.3, -0.25) is 4.79 Å².